The summed E-state index contributed by atoms with van der Waals surface area (Å²) in [4.78, 5) is 13.9. The highest BCUT2D eigenvalue weighted by Crippen LogP contribution is 2.38. The summed E-state index contributed by atoms with van der Waals surface area (Å²) in [5.74, 6) is 2.70. The van der Waals surface area contributed by atoms with Crippen LogP contribution in [0.1, 0.15) is 0 Å². The predicted molar refractivity (Wildman–Crippen MR) is 127 cm³/mol. The number of nitrogens with zero attached hydrogens (tertiary/aromatic N) is 5. The highest BCUT2D eigenvalue weighted by atomic mass is 35.5. The van der Waals surface area contributed by atoms with E-state index in [2.05, 4.69) is 9.80 Å². The molecular formula is C20H26Cl3N5O3. The molecule has 1 aliphatic heterocycles. The van der Waals surface area contributed by atoms with Gasteiger partial charge in [-0.1, -0.05) is 11.6 Å². The molecule has 1 saturated heterocycles. The third kappa shape index (κ3) is 5.27. The Morgan fingerprint density at radius 3 is 2.39 bits per heavy atom. The van der Waals surface area contributed by atoms with Crippen molar-refractivity contribution in [1.82, 2.24) is 19.3 Å². The minimum Gasteiger partial charge on any atom is -0.496 e. The number of aliphatic hydroxyl groups excluding tert-OH is 1. The van der Waals surface area contributed by atoms with Crippen molar-refractivity contribution in [3.05, 3.63) is 35.6 Å². The number of β-amino-alcohol motifs (C(OH)–C–C–N with tert-alkyl or cyclic N) is 1. The monoisotopic (exact) mass is 489 g/mol. The van der Waals surface area contributed by atoms with Crippen LogP contribution in [0, 0.1) is 0 Å². The zero-order valence-corrected chi connectivity index (χ0v) is 19.7. The van der Waals surface area contributed by atoms with E-state index in [4.69, 9.17) is 36.1 Å². The van der Waals surface area contributed by atoms with Crippen molar-refractivity contribution in [1.29, 1.82) is 0 Å². The van der Waals surface area contributed by atoms with Gasteiger partial charge in [-0.3, -0.25) is 9.30 Å². The van der Waals surface area contributed by atoms with Crippen molar-refractivity contribution < 1.29 is 14.6 Å². The SMILES string of the molecule is COc1cc(OC)c(-c2cn3ccc(N4CCN(CCO)CC4)nc3n2)cc1Cl.Cl.Cl. The number of anilines is 1. The molecule has 4 rings (SSSR count). The van der Waals surface area contributed by atoms with Gasteiger partial charge in [0, 0.05) is 56.7 Å². The van der Waals surface area contributed by atoms with Gasteiger partial charge in [-0.15, -0.1) is 24.8 Å². The fourth-order valence-corrected chi connectivity index (χ4v) is 3.81. The molecule has 0 atom stereocenters. The molecule has 0 unspecified atom stereocenters. The van der Waals surface area contributed by atoms with Crippen molar-refractivity contribution in [2.45, 2.75) is 0 Å². The lowest BCUT2D eigenvalue weighted by Gasteiger charge is -2.34. The van der Waals surface area contributed by atoms with E-state index in [0.717, 1.165) is 49.8 Å². The van der Waals surface area contributed by atoms with Crippen LogP contribution in [-0.2, 0) is 0 Å². The van der Waals surface area contributed by atoms with Crippen LogP contribution in [0.3, 0.4) is 0 Å². The second kappa shape index (κ2) is 11.1. The summed E-state index contributed by atoms with van der Waals surface area (Å²) in [6, 6.07) is 5.55. The molecule has 8 nitrogen and oxygen atoms in total. The molecule has 1 N–H and O–H groups in total. The molecule has 3 heterocycles. The van der Waals surface area contributed by atoms with E-state index in [9.17, 15) is 0 Å². The number of fused-ring (bicyclic) bond motifs is 1. The number of ether oxygens (including phenoxy) is 2. The maximum Gasteiger partial charge on any atom is 0.236 e. The number of methoxy groups -OCH3 is 2. The van der Waals surface area contributed by atoms with Gasteiger partial charge in [0.25, 0.3) is 0 Å². The van der Waals surface area contributed by atoms with Gasteiger partial charge in [-0.2, -0.15) is 4.98 Å². The largest absolute Gasteiger partial charge is 0.496 e. The average Bonchev–Trinajstić information content (AvgIpc) is 3.17. The first-order chi connectivity index (χ1) is 14.1. The maximum absolute atomic E-state index is 9.10. The molecule has 0 saturated carbocycles. The molecule has 1 aliphatic rings. The van der Waals surface area contributed by atoms with Gasteiger partial charge in [0.15, 0.2) is 0 Å². The van der Waals surface area contributed by atoms with Crippen LogP contribution in [-0.4, -0.2) is 77.9 Å². The summed E-state index contributed by atoms with van der Waals surface area (Å²) >= 11 is 6.31. The van der Waals surface area contributed by atoms with Gasteiger partial charge in [-0.05, 0) is 12.1 Å². The van der Waals surface area contributed by atoms with Crippen molar-refractivity contribution in [3.63, 3.8) is 0 Å². The summed E-state index contributed by atoms with van der Waals surface area (Å²) in [5.41, 5.74) is 1.51. The summed E-state index contributed by atoms with van der Waals surface area (Å²) in [5, 5.41) is 9.59. The zero-order chi connectivity index (χ0) is 20.4. The minimum atomic E-state index is 0. The van der Waals surface area contributed by atoms with Crippen molar-refractivity contribution in [2.24, 2.45) is 0 Å². The van der Waals surface area contributed by atoms with Gasteiger partial charge < -0.3 is 19.5 Å². The van der Waals surface area contributed by atoms with E-state index in [1.54, 1.807) is 26.4 Å². The van der Waals surface area contributed by atoms with E-state index in [0.29, 0.717) is 22.3 Å². The van der Waals surface area contributed by atoms with E-state index < -0.39 is 0 Å². The van der Waals surface area contributed by atoms with Crippen LogP contribution >= 0.6 is 36.4 Å². The van der Waals surface area contributed by atoms with Crippen molar-refractivity contribution >= 4 is 48.0 Å². The number of hydrogen-bond donors (Lipinski definition) is 1. The Morgan fingerprint density at radius 2 is 1.74 bits per heavy atom. The van der Waals surface area contributed by atoms with E-state index in [1.165, 1.54) is 0 Å². The maximum atomic E-state index is 9.10. The van der Waals surface area contributed by atoms with Gasteiger partial charge >= 0.3 is 0 Å². The first-order valence-corrected chi connectivity index (χ1v) is 9.86. The number of aliphatic hydroxyl groups is 1. The molecule has 170 valence electrons. The minimum absolute atomic E-state index is 0. The molecule has 1 aromatic carbocycles. The molecule has 3 aromatic rings. The second-order valence-corrected chi connectivity index (χ2v) is 7.27. The molecule has 0 spiro atoms. The Hall–Kier alpha value is -1.97. The summed E-state index contributed by atoms with van der Waals surface area (Å²) in [7, 11) is 3.18. The number of aromatic nitrogens is 3. The number of hydrogen-bond acceptors (Lipinski definition) is 7. The Labute approximate surface area is 198 Å². The predicted octanol–water partition coefficient (Wildman–Crippen LogP) is 3.02. The Kier molecular flexibility index (Phi) is 9.02. The Morgan fingerprint density at radius 1 is 1.03 bits per heavy atom. The molecular weight excluding hydrogens is 465 g/mol. The van der Waals surface area contributed by atoms with Gasteiger partial charge in [0.2, 0.25) is 5.78 Å². The van der Waals surface area contributed by atoms with Crippen LogP contribution < -0.4 is 14.4 Å². The first-order valence-electron chi connectivity index (χ1n) is 9.48. The molecule has 0 aliphatic carbocycles. The Bertz CT molecular complexity index is 1010. The molecule has 0 amide bonds. The Balaban J connectivity index is 0.00000171. The standard InChI is InChI=1S/C20H24ClN5O3.2ClH/c1-28-17-12-18(29-2)15(21)11-14(17)16-13-26-4-3-19(23-20(26)22-16)25-7-5-24(6-8-25)9-10-27;;/h3-4,11-13,27H,5-10H2,1-2H3;2*1H. The summed E-state index contributed by atoms with van der Waals surface area (Å²) in [6.45, 7) is 4.48. The van der Waals surface area contributed by atoms with Crippen LogP contribution in [0.25, 0.3) is 17.0 Å². The van der Waals surface area contributed by atoms with Crippen LogP contribution in [0.5, 0.6) is 11.5 Å². The third-order valence-corrected chi connectivity index (χ3v) is 5.47. The molecule has 0 bridgehead atoms. The van der Waals surface area contributed by atoms with Gasteiger partial charge in [0.1, 0.15) is 17.3 Å². The number of piperazine rings is 1. The molecule has 1 fully saturated rings. The van der Waals surface area contributed by atoms with Crippen molar-refractivity contribution in [2.75, 3.05) is 58.5 Å². The molecule has 11 heteroatoms. The zero-order valence-electron chi connectivity index (χ0n) is 17.3. The van der Waals surface area contributed by atoms with E-state index >= 15 is 0 Å². The van der Waals surface area contributed by atoms with Crippen LogP contribution in [0.15, 0.2) is 30.6 Å². The lowest BCUT2D eigenvalue weighted by atomic mass is 10.1. The number of halogens is 3. The number of rotatable bonds is 6. The molecule has 31 heavy (non-hydrogen) atoms. The smallest absolute Gasteiger partial charge is 0.236 e. The lowest BCUT2D eigenvalue weighted by molar-refractivity contribution is 0.188. The lowest BCUT2D eigenvalue weighted by Crippen LogP contribution is -2.47. The summed E-state index contributed by atoms with van der Waals surface area (Å²) in [6.07, 6.45) is 3.87. The first kappa shape index (κ1) is 25.3. The summed E-state index contributed by atoms with van der Waals surface area (Å²) < 4.78 is 12.7. The van der Waals surface area contributed by atoms with E-state index in [1.807, 2.05) is 22.9 Å². The van der Waals surface area contributed by atoms with E-state index in [-0.39, 0.29) is 31.4 Å². The van der Waals surface area contributed by atoms with Crippen LogP contribution in [0.2, 0.25) is 5.02 Å². The second-order valence-electron chi connectivity index (χ2n) is 6.86. The van der Waals surface area contributed by atoms with Gasteiger partial charge in [0.05, 0.1) is 31.5 Å². The molecule has 2 aromatic heterocycles. The quantitative estimate of drug-likeness (QED) is 0.569. The van der Waals surface area contributed by atoms with Crippen LogP contribution in [0.4, 0.5) is 5.82 Å². The highest BCUT2D eigenvalue weighted by Gasteiger charge is 2.19. The fourth-order valence-electron chi connectivity index (χ4n) is 3.57. The fraction of sp³-hybridized carbons (Fsp3) is 0.400. The third-order valence-electron chi connectivity index (χ3n) is 5.17. The molecule has 0 radical (unpaired) electrons. The topological polar surface area (TPSA) is 75.4 Å². The van der Waals surface area contributed by atoms with Crippen molar-refractivity contribution in [3.8, 4) is 22.8 Å². The normalized spacial score (nSPS) is 14.1. The van der Waals surface area contributed by atoms with Gasteiger partial charge in [-0.25, -0.2) is 4.98 Å². The number of imidazole rings is 1. The highest BCUT2D eigenvalue weighted by molar-refractivity contribution is 6.32. The number of benzene rings is 1. The average molecular weight is 491 g/mol.